The van der Waals surface area contributed by atoms with Gasteiger partial charge in [-0.25, -0.2) is 4.98 Å². The molecular formula is C15H22F3N3. The van der Waals surface area contributed by atoms with E-state index in [0.717, 1.165) is 32.0 Å². The van der Waals surface area contributed by atoms with Crippen LogP contribution in [0.5, 0.6) is 0 Å². The third-order valence-corrected chi connectivity index (χ3v) is 4.16. The van der Waals surface area contributed by atoms with Gasteiger partial charge in [0, 0.05) is 38.4 Å². The Morgan fingerprint density at radius 2 is 1.76 bits per heavy atom. The summed E-state index contributed by atoms with van der Waals surface area (Å²) in [6.07, 6.45) is -0.768. The second kappa shape index (κ2) is 6.64. The quantitative estimate of drug-likeness (QED) is 0.849. The number of hydrogen-bond donors (Lipinski definition) is 0. The molecule has 3 nitrogen and oxygen atoms in total. The van der Waals surface area contributed by atoms with Crippen LogP contribution in [0, 0.1) is 0 Å². The van der Waals surface area contributed by atoms with E-state index in [0.29, 0.717) is 19.1 Å². The summed E-state index contributed by atoms with van der Waals surface area (Å²) in [5, 5.41) is 0. The van der Waals surface area contributed by atoms with E-state index in [1.165, 1.54) is 12.3 Å². The number of aromatic nitrogens is 1. The molecule has 118 valence electrons. The first kappa shape index (κ1) is 16.1. The van der Waals surface area contributed by atoms with Gasteiger partial charge in [-0.2, -0.15) is 13.2 Å². The smallest absolute Gasteiger partial charge is 0.354 e. The van der Waals surface area contributed by atoms with Crippen molar-refractivity contribution in [1.29, 1.82) is 0 Å². The molecule has 1 saturated heterocycles. The van der Waals surface area contributed by atoms with Crippen LogP contribution in [0.25, 0.3) is 0 Å². The molecule has 21 heavy (non-hydrogen) atoms. The lowest BCUT2D eigenvalue weighted by Gasteiger charge is -2.39. The highest BCUT2D eigenvalue weighted by atomic mass is 19.4. The number of nitrogens with zero attached hydrogens (tertiary/aromatic N) is 3. The second-order valence-electron chi connectivity index (χ2n) is 5.37. The summed E-state index contributed by atoms with van der Waals surface area (Å²) in [6, 6.07) is 2.97. The molecular weight excluding hydrogens is 279 g/mol. The van der Waals surface area contributed by atoms with Gasteiger partial charge < -0.3 is 4.90 Å². The lowest BCUT2D eigenvalue weighted by molar-refractivity contribution is -0.137. The van der Waals surface area contributed by atoms with Crippen LogP contribution in [0.3, 0.4) is 0 Å². The van der Waals surface area contributed by atoms with Gasteiger partial charge in [-0.05, 0) is 25.0 Å². The third kappa shape index (κ3) is 3.67. The van der Waals surface area contributed by atoms with Crippen LogP contribution in [0.15, 0.2) is 18.3 Å². The van der Waals surface area contributed by atoms with Crippen molar-refractivity contribution in [3.05, 3.63) is 23.9 Å². The topological polar surface area (TPSA) is 19.4 Å². The molecule has 2 rings (SSSR count). The van der Waals surface area contributed by atoms with Crippen molar-refractivity contribution in [3.8, 4) is 0 Å². The van der Waals surface area contributed by atoms with Gasteiger partial charge in [-0.3, -0.25) is 4.90 Å². The van der Waals surface area contributed by atoms with E-state index >= 15 is 0 Å². The average molecular weight is 301 g/mol. The van der Waals surface area contributed by atoms with E-state index < -0.39 is 11.7 Å². The Balaban J connectivity index is 2.10. The van der Waals surface area contributed by atoms with Crippen molar-refractivity contribution in [2.75, 3.05) is 31.1 Å². The Kier molecular flexibility index (Phi) is 5.08. The first-order valence-electron chi connectivity index (χ1n) is 7.48. The average Bonchev–Trinajstić information content (AvgIpc) is 2.48. The third-order valence-electron chi connectivity index (χ3n) is 4.16. The highest BCUT2D eigenvalue weighted by Gasteiger charge is 2.36. The maximum Gasteiger partial charge on any atom is 0.419 e. The fraction of sp³-hybridized carbons (Fsp3) is 0.667. The van der Waals surface area contributed by atoms with Gasteiger partial charge in [-0.1, -0.05) is 13.8 Å². The van der Waals surface area contributed by atoms with Gasteiger partial charge in [0.2, 0.25) is 0 Å². The predicted octanol–water partition coefficient (Wildman–Crippen LogP) is 3.41. The molecule has 0 radical (unpaired) electrons. The molecule has 2 heterocycles. The molecule has 0 amide bonds. The molecule has 1 aromatic rings. The molecule has 1 fully saturated rings. The summed E-state index contributed by atoms with van der Waals surface area (Å²) in [4.78, 5) is 8.09. The monoisotopic (exact) mass is 301 g/mol. The normalized spacial score (nSPS) is 17.5. The first-order chi connectivity index (χ1) is 9.97. The number of anilines is 1. The minimum absolute atomic E-state index is 0.0641. The van der Waals surface area contributed by atoms with Crippen molar-refractivity contribution in [1.82, 2.24) is 9.88 Å². The zero-order chi connectivity index (χ0) is 15.5. The second-order valence-corrected chi connectivity index (χ2v) is 5.37. The Labute approximate surface area is 123 Å². The number of alkyl halides is 3. The molecule has 1 aromatic heterocycles. The minimum atomic E-state index is -4.35. The van der Waals surface area contributed by atoms with Crippen molar-refractivity contribution in [3.63, 3.8) is 0 Å². The van der Waals surface area contributed by atoms with Crippen LogP contribution in [0.1, 0.15) is 32.3 Å². The lowest BCUT2D eigenvalue weighted by atomic mass is 10.1. The van der Waals surface area contributed by atoms with Crippen LogP contribution in [0.2, 0.25) is 0 Å². The standard InChI is InChI=1S/C15H22F3N3/c1-3-12(4-2)20-8-10-21(11-9-20)14-13(15(16,17)18)6-5-7-19-14/h5-7,12H,3-4,8-11H2,1-2H3. The first-order valence-corrected chi connectivity index (χ1v) is 7.48. The van der Waals surface area contributed by atoms with E-state index in [2.05, 4.69) is 23.7 Å². The Morgan fingerprint density at radius 3 is 2.29 bits per heavy atom. The van der Waals surface area contributed by atoms with Crippen LogP contribution >= 0.6 is 0 Å². The maximum absolute atomic E-state index is 13.0. The fourth-order valence-corrected chi connectivity index (χ4v) is 2.97. The van der Waals surface area contributed by atoms with Crippen LogP contribution in [-0.2, 0) is 6.18 Å². The van der Waals surface area contributed by atoms with Gasteiger partial charge in [0.15, 0.2) is 0 Å². The lowest BCUT2D eigenvalue weighted by Crippen LogP contribution is -2.50. The van der Waals surface area contributed by atoms with Crippen LogP contribution < -0.4 is 4.90 Å². The van der Waals surface area contributed by atoms with Crippen LogP contribution in [0.4, 0.5) is 19.0 Å². The van der Waals surface area contributed by atoms with E-state index in [1.807, 2.05) is 0 Å². The molecule has 0 aromatic carbocycles. The summed E-state index contributed by atoms with van der Waals surface area (Å²) in [7, 11) is 0. The van der Waals surface area contributed by atoms with E-state index in [4.69, 9.17) is 0 Å². The van der Waals surface area contributed by atoms with Crippen molar-refractivity contribution in [2.45, 2.75) is 38.9 Å². The maximum atomic E-state index is 13.0. The number of halogens is 3. The highest BCUT2D eigenvalue weighted by Crippen LogP contribution is 2.35. The van der Waals surface area contributed by atoms with Crippen molar-refractivity contribution < 1.29 is 13.2 Å². The van der Waals surface area contributed by atoms with Crippen LogP contribution in [-0.4, -0.2) is 42.1 Å². The molecule has 1 aliphatic heterocycles. The van der Waals surface area contributed by atoms with Crippen molar-refractivity contribution in [2.24, 2.45) is 0 Å². The molecule has 0 saturated carbocycles. The van der Waals surface area contributed by atoms with Gasteiger partial charge in [0.05, 0.1) is 5.56 Å². The van der Waals surface area contributed by atoms with Gasteiger partial charge in [0.1, 0.15) is 5.82 Å². The summed E-state index contributed by atoms with van der Waals surface area (Å²) in [5.74, 6) is 0.0641. The number of rotatable bonds is 4. The summed E-state index contributed by atoms with van der Waals surface area (Å²) in [5.41, 5.74) is -0.638. The molecule has 0 bridgehead atoms. The fourth-order valence-electron chi connectivity index (χ4n) is 2.97. The zero-order valence-corrected chi connectivity index (χ0v) is 12.5. The summed E-state index contributed by atoms with van der Waals surface area (Å²) < 4.78 is 39.1. The van der Waals surface area contributed by atoms with Crippen molar-refractivity contribution >= 4 is 5.82 Å². The molecule has 0 unspecified atom stereocenters. The molecule has 6 heteroatoms. The minimum Gasteiger partial charge on any atom is -0.354 e. The number of piperazine rings is 1. The SMILES string of the molecule is CCC(CC)N1CCN(c2ncccc2C(F)(F)F)CC1. The summed E-state index contributed by atoms with van der Waals surface area (Å²) >= 11 is 0. The molecule has 1 aliphatic rings. The van der Waals surface area contributed by atoms with E-state index in [-0.39, 0.29) is 5.82 Å². The Morgan fingerprint density at radius 1 is 1.14 bits per heavy atom. The highest BCUT2D eigenvalue weighted by molar-refractivity contribution is 5.48. The molecule has 0 N–H and O–H groups in total. The molecule has 0 atom stereocenters. The number of pyridine rings is 1. The molecule has 0 aliphatic carbocycles. The van der Waals surface area contributed by atoms with E-state index in [9.17, 15) is 13.2 Å². The van der Waals surface area contributed by atoms with Gasteiger partial charge >= 0.3 is 6.18 Å². The zero-order valence-electron chi connectivity index (χ0n) is 12.5. The number of hydrogen-bond acceptors (Lipinski definition) is 3. The Hall–Kier alpha value is -1.30. The van der Waals surface area contributed by atoms with Gasteiger partial charge in [-0.15, -0.1) is 0 Å². The van der Waals surface area contributed by atoms with E-state index in [1.54, 1.807) is 4.90 Å². The predicted molar refractivity (Wildman–Crippen MR) is 77.4 cm³/mol. The largest absolute Gasteiger partial charge is 0.419 e. The molecule has 0 spiro atoms. The van der Waals surface area contributed by atoms with Gasteiger partial charge in [0.25, 0.3) is 0 Å². The summed E-state index contributed by atoms with van der Waals surface area (Å²) in [6.45, 7) is 7.08. The Bertz CT molecular complexity index is 450.